The molecule has 1 aromatic carbocycles. The molecule has 0 radical (unpaired) electrons. The van der Waals surface area contributed by atoms with Gasteiger partial charge in [0.15, 0.2) is 9.84 Å². The average Bonchev–Trinajstić information content (AvgIpc) is 2.70. The van der Waals surface area contributed by atoms with Gasteiger partial charge in [-0.2, -0.15) is 0 Å². The van der Waals surface area contributed by atoms with Gasteiger partial charge in [0.2, 0.25) is 0 Å². The molecular weight excluding hydrogens is 357 g/mol. The first-order valence-electron chi connectivity index (χ1n) is 5.89. The monoisotopic (exact) mass is 369 g/mol. The first-order valence-corrected chi connectivity index (χ1v) is 9.01. The average molecular weight is 371 g/mol. The van der Waals surface area contributed by atoms with E-state index in [1.807, 2.05) is 0 Å². The highest BCUT2D eigenvalue weighted by atomic mass is 79.9. The maximum Gasteiger partial charge on any atom is 0.152 e. The maximum atomic E-state index is 13.1. The molecule has 2 atom stereocenters. The molecule has 0 spiro atoms. The summed E-state index contributed by atoms with van der Waals surface area (Å²) in [5, 5.41) is 2.96. The molecule has 1 aromatic rings. The molecular formula is C12H14BrClFNO2S. The molecule has 1 N–H and O–H groups in total. The molecule has 3 nitrogen and oxygen atoms in total. The fraction of sp³-hybridized carbons (Fsp3) is 0.500. The first kappa shape index (κ1) is 15.1. The molecule has 0 heterocycles. The summed E-state index contributed by atoms with van der Waals surface area (Å²) >= 11 is 9.23. The van der Waals surface area contributed by atoms with Crippen LogP contribution in [0.2, 0.25) is 5.02 Å². The van der Waals surface area contributed by atoms with Crippen molar-refractivity contribution in [3.8, 4) is 0 Å². The lowest BCUT2D eigenvalue weighted by molar-refractivity contribution is 0.579. The molecule has 7 heteroatoms. The molecule has 0 bridgehead atoms. The molecule has 19 heavy (non-hydrogen) atoms. The van der Waals surface area contributed by atoms with Crippen LogP contribution in [0.4, 0.5) is 10.1 Å². The quantitative estimate of drug-likeness (QED) is 0.884. The van der Waals surface area contributed by atoms with Crippen molar-refractivity contribution in [3.63, 3.8) is 0 Å². The van der Waals surface area contributed by atoms with Crippen LogP contribution in [0, 0.1) is 5.82 Å². The lowest BCUT2D eigenvalue weighted by atomic mass is 10.2. The van der Waals surface area contributed by atoms with E-state index in [0.717, 1.165) is 12.8 Å². The zero-order chi connectivity index (χ0) is 14.2. The Morgan fingerprint density at radius 2 is 2.11 bits per heavy atom. The molecule has 2 rings (SSSR count). The number of rotatable bonds is 3. The molecule has 0 amide bonds. The topological polar surface area (TPSA) is 46.2 Å². The molecule has 106 valence electrons. The van der Waals surface area contributed by atoms with Crippen molar-refractivity contribution in [1.29, 1.82) is 0 Å². The summed E-state index contributed by atoms with van der Waals surface area (Å²) in [6.45, 7) is 0. The number of hydrogen-bond donors (Lipinski definition) is 1. The Hall–Kier alpha value is -0.330. The number of halogens is 3. The number of nitrogens with one attached hydrogen (secondary N) is 1. The molecule has 1 aliphatic rings. The van der Waals surface area contributed by atoms with E-state index < -0.39 is 20.9 Å². The van der Waals surface area contributed by atoms with Crippen molar-refractivity contribution < 1.29 is 12.8 Å². The van der Waals surface area contributed by atoms with Crippen LogP contribution in [-0.2, 0) is 9.84 Å². The van der Waals surface area contributed by atoms with E-state index in [4.69, 9.17) is 11.6 Å². The number of anilines is 1. The summed E-state index contributed by atoms with van der Waals surface area (Å²) in [6.07, 6.45) is 3.51. The molecule has 1 aliphatic carbocycles. The van der Waals surface area contributed by atoms with Crippen molar-refractivity contribution in [2.45, 2.75) is 30.6 Å². The van der Waals surface area contributed by atoms with Crippen LogP contribution in [0.25, 0.3) is 0 Å². The van der Waals surface area contributed by atoms with Crippen LogP contribution in [0.3, 0.4) is 0 Å². The zero-order valence-electron chi connectivity index (χ0n) is 10.3. The predicted molar refractivity (Wildman–Crippen MR) is 79.0 cm³/mol. The van der Waals surface area contributed by atoms with Gasteiger partial charge in [0, 0.05) is 16.8 Å². The van der Waals surface area contributed by atoms with E-state index >= 15 is 0 Å². The highest BCUT2D eigenvalue weighted by molar-refractivity contribution is 9.10. The van der Waals surface area contributed by atoms with Gasteiger partial charge < -0.3 is 5.32 Å². The minimum atomic E-state index is -3.10. The van der Waals surface area contributed by atoms with Gasteiger partial charge in [0.05, 0.1) is 16.0 Å². The normalized spacial score (nSPS) is 23.6. The number of sulfone groups is 1. The van der Waals surface area contributed by atoms with E-state index in [0.29, 0.717) is 16.6 Å². The lowest BCUT2D eigenvalue weighted by Gasteiger charge is -2.22. The van der Waals surface area contributed by atoms with E-state index in [-0.39, 0.29) is 11.1 Å². The van der Waals surface area contributed by atoms with Crippen LogP contribution in [-0.4, -0.2) is 26.0 Å². The smallest absolute Gasteiger partial charge is 0.152 e. The molecule has 2 unspecified atom stereocenters. The summed E-state index contributed by atoms with van der Waals surface area (Å²) in [7, 11) is -3.10. The second-order valence-corrected chi connectivity index (χ2v) is 8.32. The van der Waals surface area contributed by atoms with Crippen molar-refractivity contribution in [2.75, 3.05) is 11.6 Å². The lowest BCUT2D eigenvalue weighted by Crippen LogP contribution is -2.34. The second kappa shape index (κ2) is 5.58. The summed E-state index contributed by atoms with van der Waals surface area (Å²) < 4.78 is 37.1. The van der Waals surface area contributed by atoms with Crippen molar-refractivity contribution in [2.24, 2.45) is 0 Å². The fourth-order valence-corrected chi connectivity index (χ4v) is 4.79. The third-order valence-electron chi connectivity index (χ3n) is 3.34. The number of benzene rings is 1. The van der Waals surface area contributed by atoms with E-state index in [1.54, 1.807) is 0 Å². The highest BCUT2D eigenvalue weighted by Crippen LogP contribution is 2.35. The van der Waals surface area contributed by atoms with Gasteiger partial charge in [-0.3, -0.25) is 0 Å². The maximum absolute atomic E-state index is 13.1. The Morgan fingerprint density at radius 3 is 2.68 bits per heavy atom. The van der Waals surface area contributed by atoms with Crippen molar-refractivity contribution in [3.05, 3.63) is 27.4 Å². The summed E-state index contributed by atoms with van der Waals surface area (Å²) in [5.41, 5.74) is 0.545. The Balaban J connectivity index is 2.27. The Kier molecular flexibility index (Phi) is 4.42. The van der Waals surface area contributed by atoms with Crippen molar-refractivity contribution in [1.82, 2.24) is 0 Å². The SMILES string of the molecule is CS(=O)(=O)C1CCCC1Nc1c(Cl)cc(F)cc1Br. The molecule has 1 saturated carbocycles. The van der Waals surface area contributed by atoms with Gasteiger partial charge >= 0.3 is 0 Å². The van der Waals surface area contributed by atoms with Crippen LogP contribution in [0.5, 0.6) is 0 Å². The van der Waals surface area contributed by atoms with Gasteiger partial charge in [0.1, 0.15) is 5.82 Å². The minimum Gasteiger partial charge on any atom is -0.379 e. The second-order valence-electron chi connectivity index (χ2n) is 4.79. The third-order valence-corrected chi connectivity index (χ3v) is 5.93. The van der Waals surface area contributed by atoms with Crippen LogP contribution in [0.1, 0.15) is 19.3 Å². The van der Waals surface area contributed by atoms with Gasteiger partial charge in [-0.15, -0.1) is 0 Å². The zero-order valence-corrected chi connectivity index (χ0v) is 13.4. The van der Waals surface area contributed by atoms with E-state index in [2.05, 4.69) is 21.2 Å². The molecule has 1 fully saturated rings. The first-order chi connectivity index (χ1) is 8.79. The van der Waals surface area contributed by atoms with Crippen LogP contribution in [0.15, 0.2) is 16.6 Å². The van der Waals surface area contributed by atoms with E-state index in [9.17, 15) is 12.8 Å². The Labute approximate surface area is 125 Å². The summed E-state index contributed by atoms with van der Waals surface area (Å²) in [5.74, 6) is -0.437. The summed E-state index contributed by atoms with van der Waals surface area (Å²) in [6, 6.07) is 2.33. The van der Waals surface area contributed by atoms with E-state index in [1.165, 1.54) is 18.4 Å². The molecule has 0 saturated heterocycles. The highest BCUT2D eigenvalue weighted by Gasteiger charge is 2.35. The molecule has 0 aromatic heterocycles. The van der Waals surface area contributed by atoms with Gasteiger partial charge in [-0.05, 0) is 47.3 Å². The van der Waals surface area contributed by atoms with Gasteiger partial charge in [0.25, 0.3) is 0 Å². The molecule has 0 aliphatic heterocycles. The standard InChI is InChI=1S/C12H14BrClFNO2S/c1-19(17,18)11-4-2-3-10(11)16-12-8(13)5-7(15)6-9(12)14/h5-6,10-11,16H,2-4H2,1H3. The van der Waals surface area contributed by atoms with Crippen LogP contribution >= 0.6 is 27.5 Å². The van der Waals surface area contributed by atoms with Gasteiger partial charge in [-0.1, -0.05) is 11.6 Å². The minimum absolute atomic E-state index is 0.186. The van der Waals surface area contributed by atoms with Crippen molar-refractivity contribution >= 4 is 43.1 Å². The summed E-state index contributed by atoms with van der Waals surface area (Å²) in [4.78, 5) is 0. The van der Waals surface area contributed by atoms with Gasteiger partial charge in [-0.25, -0.2) is 12.8 Å². The Bertz CT molecular complexity index is 570. The largest absolute Gasteiger partial charge is 0.379 e. The van der Waals surface area contributed by atoms with Crippen LogP contribution < -0.4 is 5.32 Å². The fourth-order valence-electron chi connectivity index (χ4n) is 2.47. The third kappa shape index (κ3) is 3.41. The number of hydrogen-bond acceptors (Lipinski definition) is 3. The Morgan fingerprint density at radius 1 is 1.42 bits per heavy atom. The predicted octanol–water partition coefficient (Wildman–Crippen LogP) is 3.62.